The average Bonchev–Trinajstić information content (AvgIpc) is 2.31. The number of sulfone groups is 1. The van der Waals surface area contributed by atoms with Crippen molar-refractivity contribution < 1.29 is 8.42 Å². The Morgan fingerprint density at radius 3 is 2.47 bits per heavy atom. The minimum absolute atomic E-state index is 0.272. The largest absolute Gasteiger partial charge is 0.303 e. The molecule has 1 atom stereocenters. The fourth-order valence-electron chi connectivity index (χ4n) is 1.87. The van der Waals surface area contributed by atoms with E-state index >= 15 is 0 Å². The molecule has 1 aliphatic rings. The third-order valence-electron chi connectivity index (χ3n) is 3.39. The molecule has 1 unspecified atom stereocenters. The van der Waals surface area contributed by atoms with E-state index in [9.17, 15) is 8.42 Å². The SMILES string of the molecule is CNC(C)(C#N)CCCN1CCS(=O)(=O)CC1. The van der Waals surface area contributed by atoms with Crippen molar-refractivity contribution in [3.05, 3.63) is 0 Å². The second-order valence-corrected chi connectivity index (χ2v) is 7.09. The molecule has 1 aliphatic heterocycles. The summed E-state index contributed by atoms with van der Waals surface area (Å²) in [6.45, 7) is 4.01. The number of nitriles is 1. The number of rotatable bonds is 5. The predicted molar refractivity (Wildman–Crippen MR) is 67.4 cm³/mol. The van der Waals surface area contributed by atoms with Crippen LogP contribution in [0.3, 0.4) is 0 Å². The van der Waals surface area contributed by atoms with E-state index in [1.54, 1.807) is 7.05 Å². The first-order valence-corrected chi connectivity index (χ1v) is 7.76. The Balaban J connectivity index is 2.27. The van der Waals surface area contributed by atoms with E-state index in [0.29, 0.717) is 13.1 Å². The third kappa shape index (κ3) is 4.62. The molecule has 1 N–H and O–H groups in total. The van der Waals surface area contributed by atoms with Gasteiger partial charge in [-0.2, -0.15) is 5.26 Å². The van der Waals surface area contributed by atoms with Gasteiger partial charge in [0.15, 0.2) is 9.84 Å². The summed E-state index contributed by atoms with van der Waals surface area (Å²) in [7, 11) is -0.996. The molecule has 98 valence electrons. The van der Waals surface area contributed by atoms with E-state index < -0.39 is 15.4 Å². The van der Waals surface area contributed by atoms with Gasteiger partial charge in [-0.25, -0.2) is 8.42 Å². The molecule has 0 aromatic rings. The van der Waals surface area contributed by atoms with Gasteiger partial charge in [0.2, 0.25) is 0 Å². The van der Waals surface area contributed by atoms with Crippen molar-refractivity contribution in [3.63, 3.8) is 0 Å². The van der Waals surface area contributed by atoms with Crippen molar-refractivity contribution in [3.8, 4) is 6.07 Å². The standard InChI is InChI=1S/C11H21N3O2S/c1-11(10-12,13-2)4-3-5-14-6-8-17(15,16)9-7-14/h13H,3-9H2,1-2H3. The van der Waals surface area contributed by atoms with Gasteiger partial charge in [0.05, 0.1) is 17.6 Å². The topological polar surface area (TPSA) is 73.2 Å². The summed E-state index contributed by atoms with van der Waals surface area (Å²) in [5, 5.41) is 12.0. The van der Waals surface area contributed by atoms with Gasteiger partial charge < -0.3 is 10.2 Å². The summed E-state index contributed by atoms with van der Waals surface area (Å²) in [5.41, 5.74) is -0.470. The third-order valence-corrected chi connectivity index (χ3v) is 5.00. The molecular weight excluding hydrogens is 238 g/mol. The van der Waals surface area contributed by atoms with Crippen molar-refractivity contribution in [2.75, 3.05) is 38.2 Å². The van der Waals surface area contributed by atoms with Crippen LogP contribution in [-0.2, 0) is 9.84 Å². The Bertz CT molecular complexity index is 374. The zero-order valence-electron chi connectivity index (χ0n) is 10.6. The van der Waals surface area contributed by atoms with Crippen LogP contribution in [0.1, 0.15) is 19.8 Å². The molecule has 1 fully saturated rings. The molecule has 1 saturated heterocycles. The quantitative estimate of drug-likeness (QED) is 0.752. The smallest absolute Gasteiger partial charge is 0.152 e. The van der Waals surface area contributed by atoms with Crippen LogP contribution in [0.15, 0.2) is 0 Å². The van der Waals surface area contributed by atoms with E-state index in [-0.39, 0.29) is 11.5 Å². The predicted octanol–water partition coefficient (Wildman–Crippen LogP) is -0.00132. The number of hydrogen-bond acceptors (Lipinski definition) is 5. The Morgan fingerprint density at radius 1 is 1.41 bits per heavy atom. The zero-order valence-corrected chi connectivity index (χ0v) is 11.4. The highest BCUT2D eigenvalue weighted by Crippen LogP contribution is 2.12. The monoisotopic (exact) mass is 259 g/mol. The maximum absolute atomic E-state index is 11.2. The van der Waals surface area contributed by atoms with Crippen LogP contribution in [0.25, 0.3) is 0 Å². The Morgan fingerprint density at radius 2 is 2.00 bits per heavy atom. The van der Waals surface area contributed by atoms with E-state index in [1.165, 1.54) is 0 Å². The van der Waals surface area contributed by atoms with Gasteiger partial charge >= 0.3 is 0 Å². The molecule has 0 spiro atoms. The molecule has 6 heteroatoms. The Labute approximate surface area is 104 Å². The second kappa shape index (κ2) is 5.80. The number of nitrogens with zero attached hydrogens (tertiary/aromatic N) is 2. The van der Waals surface area contributed by atoms with Crippen LogP contribution in [0.5, 0.6) is 0 Å². The zero-order chi connectivity index (χ0) is 12.9. The van der Waals surface area contributed by atoms with Crippen LogP contribution in [-0.4, -0.2) is 57.0 Å². The average molecular weight is 259 g/mol. The highest BCUT2D eigenvalue weighted by atomic mass is 32.2. The fraction of sp³-hybridized carbons (Fsp3) is 0.909. The van der Waals surface area contributed by atoms with Crippen molar-refractivity contribution in [2.24, 2.45) is 0 Å². The van der Waals surface area contributed by atoms with Crippen molar-refractivity contribution >= 4 is 9.84 Å². The van der Waals surface area contributed by atoms with Gasteiger partial charge in [-0.1, -0.05) is 0 Å². The van der Waals surface area contributed by atoms with Crippen molar-refractivity contribution in [1.29, 1.82) is 5.26 Å². The molecule has 1 heterocycles. The molecule has 0 aromatic carbocycles. The van der Waals surface area contributed by atoms with Crippen LogP contribution in [0.4, 0.5) is 0 Å². The normalized spacial score (nSPS) is 23.8. The summed E-state index contributed by atoms with van der Waals surface area (Å²) in [5.74, 6) is 0.545. The minimum atomic E-state index is -2.78. The van der Waals surface area contributed by atoms with E-state index in [2.05, 4.69) is 16.3 Å². The van der Waals surface area contributed by atoms with Gasteiger partial charge in [0.1, 0.15) is 5.54 Å². The lowest BCUT2D eigenvalue weighted by atomic mass is 9.98. The molecule has 5 nitrogen and oxygen atoms in total. The highest BCUT2D eigenvalue weighted by Gasteiger charge is 2.23. The lowest BCUT2D eigenvalue weighted by Gasteiger charge is -2.28. The summed E-state index contributed by atoms with van der Waals surface area (Å²) in [6, 6.07) is 2.25. The molecular formula is C11H21N3O2S. The first-order valence-electron chi connectivity index (χ1n) is 5.94. The van der Waals surface area contributed by atoms with Gasteiger partial charge in [0, 0.05) is 13.1 Å². The molecule has 0 saturated carbocycles. The van der Waals surface area contributed by atoms with Crippen LogP contribution in [0, 0.1) is 11.3 Å². The van der Waals surface area contributed by atoms with E-state index in [4.69, 9.17) is 5.26 Å². The first kappa shape index (κ1) is 14.4. The lowest BCUT2D eigenvalue weighted by molar-refractivity contribution is 0.277. The van der Waals surface area contributed by atoms with Crippen molar-refractivity contribution in [2.45, 2.75) is 25.3 Å². The molecule has 0 radical (unpaired) electrons. The van der Waals surface area contributed by atoms with Gasteiger partial charge in [-0.3, -0.25) is 0 Å². The van der Waals surface area contributed by atoms with Crippen LogP contribution in [0.2, 0.25) is 0 Å². The molecule has 0 aliphatic carbocycles. The summed E-state index contributed by atoms with van der Waals surface area (Å²) >= 11 is 0. The Kier molecular flexibility index (Phi) is 4.92. The maximum atomic E-state index is 11.2. The highest BCUT2D eigenvalue weighted by molar-refractivity contribution is 7.91. The number of hydrogen-bond donors (Lipinski definition) is 1. The van der Waals surface area contributed by atoms with Gasteiger partial charge in [0.25, 0.3) is 0 Å². The van der Waals surface area contributed by atoms with Crippen LogP contribution >= 0.6 is 0 Å². The maximum Gasteiger partial charge on any atom is 0.152 e. The van der Waals surface area contributed by atoms with Crippen molar-refractivity contribution in [1.82, 2.24) is 10.2 Å². The molecule has 0 amide bonds. The Hall–Kier alpha value is -0.640. The second-order valence-electron chi connectivity index (χ2n) is 4.79. The van der Waals surface area contributed by atoms with E-state index in [1.807, 2.05) is 6.92 Å². The molecule has 0 aromatic heterocycles. The van der Waals surface area contributed by atoms with Gasteiger partial charge in [-0.15, -0.1) is 0 Å². The van der Waals surface area contributed by atoms with E-state index in [0.717, 1.165) is 19.4 Å². The number of nitrogens with one attached hydrogen (secondary N) is 1. The molecule has 0 bridgehead atoms. The summed E-state index contributed by atoms with van der Waals surface area (Å²) in [4.78, 5) is 2.16. The minimum Gasteiger partial charge on any atom is -0.303 e. The van der Waals surface area contributed by atoms with Gasteiger partial charge in [-0.05, 0) is 33.4 Å². The molecule has 1 rings (SSSR count). The summed E-state index contributed by atoms with van der Waals surface area (Å²) in [6.07, 6.45) is 1.69. The lowest BCUT2D eigenvalue weighted by Crippen LogP contribution is -2.42. The fourth-order valence-corrected chi connectivity index (χ4v) is 3.14. The first-order chi connectivity index (χ1) is 7.91. The van der Waals surface area contributed by atoms with Crippen LogP contribution < -0.4 is 5.32 Å². The molecule has 17 heavy (non-hydrogen) atoms. The summed E-state index contributed by atoms with van der Waals surface area (Å²) < 4.78 is 22.5.